The molecule has 0 aliphatic carbocycles. The van der Waals surface area contributed by atoms with Crippen LogP contribution < -0.4 is 5.32 Å². The number of aromatic nitrogens is 1. The van der Waals surface area contributed by atoms with E-state index in [9.17, 15) is 4.79 Å². The van der Waals surface area contributed by atoms with Crippen LogP contribution >= 0.6 is 0 Å². The van der Waals surface area contributed by atoms with E-state index >= 15 is 0 Å². The third-order valence-electron chi connectivity index (χ3n) is 2.10. The van der Waals surface area contributed by atoms with Crippen molar-refractivity contribution in [2.75, 3.05) is 0 Å². The summed E-state index contributed by atoms with van der Waals surface area (Å²) < 4.78 is 5.08. The molecule has 1 N–H and O–H groups in total. The summed E-state index contributed by atoms with van der Waals surface area (Å²) in [6.07, 6.45) is 1.54. The van der Waals surface area contributed by atoms with Gasteiger partial charge in [0.25, 0.3) is 5.91 Å². The molecule has 0 saturated carbocycles. The molecule has 0 atom stereocenters. The molecule has 0 bridgehead atoms. The van der Waals surface area contributed by atoms with Gasteiger partial charge in [0.2, 0.25) is 0 Å². The number of nitrogens with zero attached hydrogens (tertiary/aromatic N) is 2. The molecule has 2 heterocycles. The number of nitriles is 1. The minimum Gasteiger partial charge on any atom is -0.467 e. The molecular weight excluding hydrogens is 218 g/mol. The molecule has 1 amide bonds. The van der Waals surface area contributed by atoms with Gasteiger partial charge in [-0.2, -0.15) is 5.26 Å². The van der Waals surface area contributed by atoms with E-state index < -0.39 is 0 Å². The minimum absolute atomic E-state index is 0.218. The van der Waals surface area contributed by atoms with Gasteiger partial charge in [-0.15, -0.1) is 0 Å². The average Bonchev–Trinajstić information content (AvgIpc) is 2.89. The van der Waals surface area contributed by atoms with E-state index in [4.69, 9.17) is 9.68 Å². The lowest BCUT2D eigenvalue weighted by Crippen LogP contribution is -2.23. The molecule has 0 saturated heterocycles. The molecule has 0 unspecified atom stereocenters. The molecule has 17 heavy (non-hydrogen) atoms. The van der Waals surface area contributed by atoms with Crippen molar-refractivity contribution in [1.82, 2.24) is 10.3 Å². The standard InChI is InChI=1S/C12H9N3O2/c13-7-9-3-1-5-11(15-9)12(16)14-8-10-4-2-6-17-10/h1-6H,8H2,(H,14,16). The Kier molecular flexibility index (Phi) is 3.17. The number of furan rings is 1. The van der Waals surface area contributed by atoms with E-state index in [0.29, 0.717) is 12.3 Å². The first-order valence-electron chi connectivity index (χ1n) is 4.97. The molecule has 2 aromatic heterocycles. The number of rotatable bonds is 3. The summed E-state index contributed by atoms with van der Waals surface area (Å²) in [6, 6.07) is 10.1. The maximum Gasteiger partial charge on any atom is 0.270 e. The van der Waals surface area contributed by atoms with Crippen LogP contribution in [0.25, 0.3) is 0 Å². The molecule has 0 spiro atoms. The number of nitrogens with one attached hydrogen (secondary N) is 1. The lowest BCUT2D eigenvalue weighted by atomic mass is 10.3. The Morgan fingerprint density at radius 3 is 3.00 bits per heavy atom. The smallest absolute Gasteiger partial charge is 0.270 e. The lowest BCUT2D eigenvalue weighted by molar-refractivity contribution is 0.0943. The van der Waals surface area contributed by atoms with Crippen molar-refractivity contribution in [1.29, 1.82) is 5.26 Å². The molecular formula is C12H9N3O2. The summed E-state index contributed by atoms with van der Waals surface area (Å²) in [4.78, 5) is 15.6. The number of amides is 1. The third kappa shape index (κ3) is 2.69. The number of hydrogen-bond acceptors (Lipinski definition) is 4. The Labute approximate surface area is 97.7 Å². The van der Waals surface area contributed by atoms with Crippen molar-refractivity contribution in [2.45, 2.75) is 6.54 Å². The summed E-state index contributed by atoms with van der Waals surface area (Å²) in [7, 11) is 0. The molecule has 0 aliphatic rings. The van der Waals surface area contributed by atoms with E-state index in [-0.39, 0.29) is 17.3 Å². The Morgan fingerprint density at radius 1 is 1.41 bits per heavy atom. The fraction of sp³-hybridized carbons (Fsp3) is 0.0833. The first-order valence-corrected chi connectivity index (χ1v) is 4.97. The van der Waals surface area contributed by atoms with E-state index in [1.807, 2.05) is 6.07 Å². The fourth-order valence-electron chi connectivity index (χ4n) is 1.29. The quantitative estimate of drug-likeness (QED) is 0.861. The maximum atomic E-state index is 11.7. The zero-order valence-corrected chi connectivity index (χ0v) is 8.88. The van der Waals surface area contributed by atoms with Crippen LogP contribution in [-0.4, -0.2) is 10.9 Å². The van der Waals surface area contributed by atoms with Gasteiger partial charge in [-0.25, -0.2) is 4.98 Å². The number of carbonyl (C=O) groups excluding carboxylic acids is 1. The van der Waals surface area contributed by atoms with Crippen molar-refractivity contribution < 1.29 is 9.21 Å². The monoisotopic (exact) mass is 227 g/mol. The molecule has 5 nitrogen and oxygen atoms in total. The highest BCUT2D eigenvalue weighted by Gasteiger charge is 2.08. The normalized spacial score (nSPS) is 9.59. The molecule has 5 heteroatoms. The molecule has 0 aromatic carbocycles. The topological polar surface area (TPSA) is 78.9 Å². The van der Waals surface area contributed by atoms with Crippen LogP contribution in [0.2, 0.25) is 0 Å². The predicted molar refractivity (Wildman–Crippen MR) is 58.8 cm³/mol. The Balaban J connectivity index is 2.02. The second-order valence-electron chi connectivity index (χ2n) is 3.28. The van der Waals surface area contributed by atoms with Crippen LogP contribution in [0.4, 0.5) is 0 Å². The highest BCUT2D eigenvalue weighted by Crippen LogP contribution is 2.01. The fourth-order valence-corrected chi connectivity index (χ4v) is 1.29. The SMILES string of the molecule is N#Cc1cccc(C(=O)NCc2ccco2)n1. The van der Waals surface area contributed by atoms with Gasteiger partial charge in [0.05, 0.1) is 12.8 Å². The van der Waals surface area contributed by atoms with Crippen molar-refractivity contribution in [3.63, 3.8) is 0 Å². The third-order valence-corrected chi connectivity index (χ3v) is 2.10. The highest BCUT2D eigenvalue weighted by molar-refractivity contribution is 5.92. The van der Waals surface area contributed by atoms with Gasteiger partial charge in [0.1, 0.15) is 23.2 Å². The van der Waals surface area contributed by atoms with Gasteiger partial charge in [-0.3, -0.25) is 4.79 Å². The Morgan fingerprint density at radius 2 is 2.29 bits per heavy atom. The second kappa shape index (κ2) is 4.94. The minimum atomic E-state index is -0.335. The van der Waals surface area contributed by atoms with Gasteiger partial charge >= 0.3 is 0 Å². The van der Waals surface area contributed by atoms with Gasteiger partial charge in [0.15, 0.2) is 0 Å². The zero-order valence-electron chi connectivity index (χ0n) is 8.88. The zero-order chi connectivity index (χ0) is 12.1. The molecule has 2 aromatic rings. The first kappa shape index (κ1) is 10.9. The summed E-state index contributed by atoms with van der Waals surface area (Å²) in [5.41, 5.74) is 0.436. The maximum absolute atomic E-state index is 11.7. The molecule has 0 aliphatic heterocycles. The van der Waals surface area contributed by atoms with E-state index in [2.05, 4.69) is 10.3 Å². The Bertz CT molecular complexity index is 555. The molecule has 0 radical (unpaired) electrons. The van der Waals surface area contributed by atoms with E-state index in [0.717, 1.165) is 0 Å². The summed E-state index contributed by atoms with van der Waals surface area (Å²) in [6.45, 7) is 0.296. The van der Waals surface area contributed by atoms with Crippen LogP contribution in [0.3, 0.4) is 0 Å². The molecule has 2 rings (SSSR count). The first-order chi connectivity index (χ1) is 8.29. The molecule has 84 valence electrons. The largest absolute Gasteiger partial charge is 0.467 e. The predicted octanol–water partition coefficient (Wildman–Crippen LogP) is 1.48. The summed E-state index contributed by atoms with van der Waals surface area (Å²) in [5, 5.41) is 11.3. The van der Waals surface area contributed by atoms with Crippen LogP contribution in [0, 0.1) is 11.3 Å². The molecule has 0 fully saturated rings. The lowest BCUT2D eigenvalue weighted by Gasteiger charge is -2.02. The van der Waals surface area contributed by atoms with Crippen LogP contribution in [0.1, 0.15) is 21.9 Å². The van der Waals surface area contributed by atoms with Crippen molar-refractivity contribution in [2.24, 2.45) is 0 Å². The number of carbonyl (C=O) groups is 1. The van der Waals surface area contributed by atoms with Crippen LogP contribution in [0.5, 0.6) is 0 Å². The second-order valence-corrected chi connectivity index (χ2v) is 3.28. The van der Waals surface area contributed by atoms with E-state index in [1.54, 1.807) is 30.3 Å². The van der Waals surface area contributed by atoms with Crippen LogP contribution in [0.15, 0.2) is 41.0 Å². The van der Waals surface area contributed by atoms with Gasteiger partial charge in [-0.05, 0) is 24.3 Å². The van der Waals surface area contributed by atoms with E-state index in [1.165, 1.54) is 6.26 Å². The van der Waals surface area contributed by atoms with Crippen molar-refractivity contribution >= 4 is 5.91 Å². The van der Waals surface area contributed by atoms with Crippen molar-refractivity contribution in [3.05, 3.63) is 53.7 Å². The summed E-state index contributed by atoms with van der Waals surface area (Å²) >= 11 is 0. The Hall–Kier alpha value is -2.61. The average molecular weight is 227 g/mol. The number of pyridine rings is 1. The van der Waals surface area contributed by atoms with Gasteiger partial charge in [0, 0.05) is 0 Å². The highest BCUT2D eigenvalue weighted by atomic mass is 16.3. The van der Waals surface area contributed by atoms with Gasteiger partial charge in [-0.1, -0.05) is 6.07 Å². The number of hydrogen-bond donors (Lipinski definition) is 1. The van der Waals surface area contributed by atoms with Crippen molar-refractivity contribution in [3.8, 4) is 6.07 Å². The summed E-state index contributed by atoms with van der Waals surface area (Å²) in [5.74, 6) is 0.327. The van der Waals surface area contributed by atoms with Gasteiger partial charge < -0.3 is 9.73 Å². The van der Waals surface area contributed by atoms with Crippen LogP contribution in [-0.2, 0) is 6.54 Å².